The maximum absolute atomic E-state index is 4.75. The lowest BCUT2D eigenvalue weighted by Gasteiger charge is -2.19. The van der Waals surface area contributed by atoms with Crippen LogP contribution >= 0.6 is 24.0 Å². The van der Waals surface area contributed by atoms with E-state index >= 15 is 0 Å². The van der Waals surface area contributed by atoms with Gasteiger partial charge in [0.1, 0.15) is 5.82 Å². The Hall–Kier alpha value is -2.95. The van der Waals surface area contributed by atoms with Crippen LogP contribution in [0, 0.1) is 0 Å². The lowest BCUT2D eigenvalue weighted by molar-refractivity contribution is 0.680. The maximum Gasteiger partial charge on any atom is 0.191 e. The van der Waals surface area contributed by atoms with Crippen molar-refractivity contribution in [1.82, 2.24) is 35.0 Å². The molecule has 0 amide bonds. The topological polar surface area (TPSA) is 84.4 Å². The number of fused-ring (bicyclic) bond motifs is 1. The molecule has 9 heteroatoms. The van der Waals surface area contributed by atoms with Crippen molar-refractivity contribution in [2.24, 2.45) is 4.99 Å². The molecule has 0 aliphatic rings. The SMILES string of the molecule is CCNC(=NCCCc1nnc2ccccn12)NC(C)c1cccc(-n2cccn2)c1.I. The molecule has 0 spiro atoms. The third kappa shape index (κ3) is 5.84. The summed E-state index contributed by atoms with van der Waals surface area (Å²) in [5, 5.41) is 19.7. The first kappa shape index (κ1) is 23.7. The fourth-order valence-electron chi connectivity index (χ4n) is 3.46. The van der Waals surface area contributed by atoms with Crippen molar-refractivity contribution in [3.63, 3.8) is 0 Å². The minimum Gasteiger partial charge on any atom is -0.357 e. The zero-order valence-corrected chi connectivity index (χ0v) is 20.7. The summed E-state index contributed by atoms with van der Waals surface area (Å²) in [6.07, 6.45) is 7.46. The van der Waals surface area contributed by atoms with E-state index in [2.05, 4.69) is 64.0 Å². The van der Waals surface area contributed by atoms with Crippen LogP contribution in [0.25, 0.3) is 11.3 Å². The normalized spacial score (nSPS) is 12.4. The molecule has 4 aromatic rings. The van der Waals surface area contributed by atoms with E-state index in [0.717, 1.165) is 42.5 Å². The van der Waals surface area contributed by atoms with Gasteiger partial charge in [0.05, 0.1) is 11.7 Å². The van der Waals surface area contributed by atoms with Crippen molar-refractivity contribution in [2.75, 3.05) is 13.1 Å². The van der Waals surface area contributed by atoms with Crippen LogP contribution in [-0.2, 0) is 6.42 Å². The van der Waals surface area contributed by atoms with Crippen molar-refractivity contribution in [1.29, 1.82) is 0 Å². The third-order valence-electron chi connectivity index (χ3n) is 5.05. The third-order valence-corrected chi connectivity index (χ3v) is 5.05. The molecule has 0 aliphatic carbocycles. The minimum atomic E-state index is 0. The van der Waals surface area contributed by atoms with E-state index in [1.165, 1.54) is 5.56 Å². The number of nitrogens with zero attached hydrogens (tertiary/aromatic N) is 6. The Balaban J connectivity index is 0.00000289. The van der Waals surface area contributed by atoms with E-state index in [1.807, 2.05) is 45.7 Å². The quantitative estimate of drug-likeness (QED) is 0.153. The molecular weight excluding hydrogens is 515 g/mol. The smallest absolute Gasteiger partial charge is 0.191 e. The van der Waals surface area contributed by atoms with E-state index in [-0.39, 0.29) is 30.0 Å². The average molecular weight is 544 g/mol. The van der Waals surface area contributed by atoms with Gasteiger partial charge in [0, 0.05) is 38.1 Å². The summed E-state index contributed by atoms with van der Waals surface area (Å²) in [6.45, 7) is 5.72. The first-order valence-electron chi connectivity index (χ1n) is 10.7. The summed E-state index contributed by atoms with van der Waals surface area (Å²) in [6, 6.07) is 16.3. The highest BCUT2D eigenvalue weighted by Crippen LogP contribution is 2.16. The van der Waals surface area contributed by atoms with Crippen LogP contribution in [0.1, 0.15) is 37.7 Å². The van der Waals surface area contributed by atoms with E-state index in [9.17, 15) is 0 Å². The fraction of sp³-hybridized carbons (Fsp3) is 0.304. The molecule has 0 radical (unpaired) electrons. The van der Waals surface area contributed by atoms with Gasteiger partial charge in [0.15, 0.2) is 11.6 Å². The van der Waals surface area contributed by atoms with Crippen LogP contribution in [0.15, 0.2) is 72.1 Å². The zero-order valence-electron chi connectivity index (χ0n) is 18.3. The van der Waals surface area contributed by atoms with Gasteiger partial charge < -0.3 is 10.6 Å². The summed E-state index contributed by atoms with van der Waals surface area (Å²) in [5.41, 5.74) is 3.09. The maximum atomic E-state index is 4.75. The molecule has 0 saturated heterocycles. The zero-order chi connectivity index (χ0) is 21.5. The fourth-order valence-corrected chi connectivity index (χ4v) is 3.46. The van der Waals surface area contributed by atoms with Gasteiger partial charge in [-0.05, 0) is 56.2 Å². The molecule has 1 unspecified atom stereocenters. The highest BCUT2D eigenvalue weighted by molar-refractivity contribution is 14.0. The number of aromatic nitrogens is 5. The number of hydrogen-bond acceptors (Lipinski definition) is 4. The van der Waals surface area contributed by atoms with Gasteiger partial charge in [-0.1, -0.05) is 18.2 Å². The van der Waals surface area contributed by atoms with Crippen molar-refractivity contribution < 1.29 is 0 Å². The number of hydrogen-bond donors (Lipinski definition) is 2. The molecule has 3 aromatic heterocycles. The van der Waals surface area contributed by atoms with Gasteiger partial charge in [0.25, 0.3) is 0 Å². The molecule has 168 valence electrons. The molecule has 0 bridgehead atoms. The van der Waals surface area contributed by atoms with E-state index in [0.29, 0.717) is 6.54 Å². The first-order valence-corrected chi connectivity index (χ1v) is 10.7. The molecule has 32 heavy (non-hydrogen) atoms. The number of aliphatic imine (C=N–C) groups is 1. The van der Waals surface area contributed by atoms with Crippen LogP contribution in [0.4, 0.5) is 0 Å². The predicted octanol–water partition coefficient (Wildman–Crippen LogP) is 3.78. The number of benzene rings is 1. The molecule has 0 saturated carbocycles. The second-order valence-electron chi connectivity index (χ2n) is 7.32. The van der Waals surface area contributed by atoms with E-state index in [4.69, 9.17) is 4.99 Å². The molecule has 8 nitrogen and oxygen atoms in total. The minimum absolute atomic E-state index is 0. The Morgan fingerprint density at radius 2 is 2.00 bits per heavy atom. The monoisotopic (exact) mass is 544 g/mol. The Morgan fingerprint density at radius 3 is 2.81 bits per heavy atom. The van der Waals surface area contributed by atoms with Crippen molar-refractivity contribution in [2.45, 2.75) is 32.7 Å². The predicted molar refractivity (Wildman–Crippen MR) is 138 cm³/mol. The molecule has 0 aliphatic heterocycles. The Kier molecular flexibility index (Phi) is 8.60. The molecule has 2 N–H and O–H groups in total. The molecule has 0 fully saturated rings. The van der Waals surface area contributed by atoms with Gasteiger partial charge in [0.2, 0.25) is 0 Å². The summed E-state index contributed by atoms with van der Waals surface area (Å²) < 4.78 is 3.89. The number of guanidine groups is 1. The van der Waals surface area contributed by atoms with Crippen LogP contribution in [-0.4, -0.2) is 43.4 Å². The molecular formula is C23H29IN8. The first-order chi connectivity index (χ1) is 15.2. The molecule has 3 heterocycles. The Morgan fingerprint density at radius 1 is 1.09 bits per heavy atom. The molecule has 4 rings (SSSR count). The van der Waals surface area contributed by atoms with Crippen LogP contribution in [0.3, 0.4) is 0 Å². The number of halogens is 1. The highest BCUT2D eigenvalue weighted by Gasteiger charge is 2.09. The number of rotatable bonds is 8. The summed E-state index contributed by atoms with van der Waals surface area (Å²) in [4.78, 5) is 4.75. The van der Waals surface area contributed by atoms with Crippen LogP contribution in [0.5, 0.6) is 0 Å². The van der Waals surface area contributed by atoms with Crippen LogP contribution in [0.2, 0.25) is 0 Å². The second-order valence-corrected chi connectivity index (χ2v) is 7.32. The van der Waals surface area contributed by atoms with Gasteiger partial charge in [-0.25, -0.2) is 4.68 Å². The van der Waals surface area contributed by atoms with Gasteiger partial charge in [-0.3, -0.25) is 9.39 Å². The Labute approximate surface area is 205 Å². The van der Waals surface area contributed by atoms with Crippen LogP contribution < -0.4 is 10.6 Å². The summed E-state index contributed by atoms with van der Waals surface area (Å²) in [7, 11) is 0. The van der Waals surface area contributed by atoms with Crippen molar-refractivity contribution in [3.8, 4) is 5.69 Å². The summed E-state index contributed by atoms with van der Waals surface area (Å²) in [5.74, 6) is 1.78. The van der Waals surface area contributed by atoms with E-state index < -0.39 is 0 Å². The van der Waals surface area contributed by atoms with E-state index in [1.54, 1.807) is 6.20 Å². The standard InChI is InChI=1S/C23H28N8.HI/c1-3-24-23(25-13-7-12-22-29-28-21-11-4-5-15-30(21)22)27-18(2)19-9-6-10-20(17-19)31-16-8-14-26-31;/h4-6,8-11,14-18H,3,7,12-13H2,1-2H3,(H2,24,25,27);1H. The summed E-state index contributed by atoms with van der Waals surface area (Å²) >= 11 is 0. The highest BCUT2D eigenvalue weighted by atomic mass is 127. The van der Waals surface area contributed by atoms with Gasteiger partial charge >= 0.3 is 0 Å². The number of nitrogens with one attached hydrogen (secondary N) is 2. The molecule has 1 aromatic carbocycles. The van der Waals surface area contributed by atoms with Gasteiger partial charge in [-0.15, -0.1) is 34.2 Å². The number of pyridine rings is 1. The average Bonchev–Trinajstić information content (AvgIpc) is 3.47. The largest absolute Gasteiger partial charge is 0.357 e. The lowest BCUT2D eigenvalue weighted by Crippen LogP contribution is -2.38. The molecule has 1 atom stereocenters. The van der Waals surface area contributed by atoms with Gasteiger partial charge in [-0.2, -0.15) is 5.10 Å². The number of aryl methyl sites for hydroxylation is 1. The lowest BCUT2D eigenvalue weighted by atomic mass is 10.1. The van der Waals surface area contributed by atoms with Crippen molar-refractivity contribution in [3.05, 3.63) is 78.5 Å². The second kappa shape index (κ2) is 11.6. The Bertz CT molecular complexity index is 1140. The van der Waals surface area contributed by atoms with Crippen molar-refractivity contribution >= 4 is 35.6 Å².